The number of likely N-dealkylation sites (N-methyl/N-ethyl adjacent to an activating group) is 1. The van der Waals surface area contributed by atoms with Crippen LogP contribution in [0.3, 0.4) is 0 Å². The molecule has 0 radical (unpaired) electrons. The first-order valence-corrected chi connectivity index (χ1v) is 7.70. The zero-order chi connectivity index (χ0) is 15.4. The van der Waals surface area contributed by atoms with Gasteiger partial charge in [-0.05, 0) is 45.5 Å². The van der Waals surface area contributed by atoms with E-state index in [1.165, 1.54) is 0 Å². The molecule has 0 saturated carbocycles. The molecule has 5 heteroatoms. The molecule has 0 bridgehead atoms. The number of hydrogen-bond acceptors (Lipinski definition) is 4. The van der Waals surface area contributed by atoms with E-state index in [2.05, 4.69) is 30.7 Å². The van der Waals surface area contributed by atoms with Crippen molar-refractivity contribution in [2.45, 2.75) is 39.2 Å². The summed E-state index contributed by atoms with van der Waals surface area (Å²) in [5.74, 6) is -0.0725. The van der Waals surface area contributed by atoms with Gasteiger partial charge >= 0.3 is 5.97 Å². The summed E-state index contributed by atoms with van der Waals surface area (Å²) in [5.41, 5.74) is 1.21. The minimum Gasteiger partial charge on any atom is -0.478 e. The van der Waals surface area contributed by atoms with Crippen molar-refractivity contribution in [2.75, 3.05) is 31.6 Å². The number of nitrogens with zero attached hydrogens (tertiary/aromatic N) is 3. The van der Waals surface area contributed by atoms with Crippen molar-refractivity contribution in [3.63, 3.8) is 0 Å². The van der Waals surface area contributed by atoms with Crippen molar-refractivity contribution in [1.82, 2.24) is 9.88 Å². The second kappa shape index (κ2) is 6.89. The maximum atomic E-state index is 11.3. The molecule has 0 aliphatic carbocycles. The van der Waals surface area contributed by atoms with Crippen molar-refractivity contribution in [2.24, 2.45) is 0 Å². The summed E-state index contributed by atoms with van der Waals surface area (Å²) in [5, 5.41) is 9.31. The van der Waals surface area contributed by atoms with Gasteiger partial charge in [0, 0.05) is 24.8 Å². The lowest BCUT2D eigenvalue weighted by molar-refractivity contribution is 0.0696. The lowest BCUT2D eigenvalue weighted by Crippen LogP contribution is -2.38. The number of pyridine rings is 1. The minimum atomic E-state index is -0.879. The Kier molecular flexibility index (Phi) is 5.17. The summed E-state index contributed by atoms with van der Waals surface area (Å²) in [6.07, 6.45) is 2.85. The molecule has 1 N–H and O–H groups in total. The normalized spacial score (nSPS) is 20.3. The third kappa shape index (κ3) is 3.94. The summed E-state index contributed by atoms with van der Waals surface area (Å²) < 4.78 is 0. The monoisotopic (exact) mass is 291 g/mol. The molecule has 1 saturated heterocycles. The molecule has 1 aliphatic heterocycles. The number of aryl methyl sites for hydroxylation is 1. The van der Waals surface area contributed by atoms with Gasteiger partial charge in [-0.1, -0.05) is 13.3 Å². The van der Waals surface area contributed by atoms with E-state index in [-0.39, 0.29) is 0 Å². The zero-order valence-electron chi connectivity index (χ0n) is 13.2. The maximum absolute atomic E-state index is 11.3. The number of aromatic carboxylic acids is 1. The molecule has 5 nitrogen and oxygen atoms in total. The second-order valence-electron chi connectivity index (χ2n) is 5.92. The Morgan fingerprint density at radius 1 is 1.43 bits per heavy atom. The van der Waals surface area contributed by atoms with Crippen molar-refractivity contribution in [3.05, 3.63) is 23.4 Å². The van der Waals surface area contributed by atoms with Crippen LogP contribution in [0.2, 0.25) is 0 Å². The maximum Gasteiger partial charge on any atom is 0.335 e. The highest BCUT2D eigenvalue weighted by Crippen LogP contribution is 2.21. The van der Waals surface area contributed by atoms with Gasteiger partial charge in [-0.25, -0.2) is 9.78 Å². The number of rotatable bonds is 4. The fraction of sp³-hybridized carbons (Fsp3) is 0.625. The smallest absolute Gasteiger partial charge is 0.335 e. The van der Waals surface area contributed by atoms with Crippen LogP contribution in [-0.4, -0.2) is 53.7 Å². The fourth-order valence-electron chi connectivity index (χ4n) is 2.94. The first-order valence-electron chi connectivity index (χ1n) is 7.70. The Labute approximate surface area is 126 Å². The number of carbonyl (C=O) groups is 1. The largest absolute Gasteiger partial charge is 0.478 e. The summed E-state index contributed by atoms with van der Waals surface area (Å²) in [6.45, 7) is 7.23. The van der Waals surface area contributed by atoms with Gasteiger partial charge in [0.15, 0.2) is 0 Å². The van der Waals surface area contributed by atoms with Crippen LogP contribution in [0.1, 0.15) is 42.7 Å². The van der Waals surface area contributed by atoms with Gasteiger partial charge in [-0.15, -0.1) is 0 Å². The average Bonchev–Trinajstić information content (AvgIpc) is 2.59. The average molecular weight is 291 g/mol. The standard InChI is InChI=1S/C16H25N3O2/c1-4-6-14-9-13(16(20)21)10-15(17-14)19-8-5-7-18(3)11-12(19)2/h9-10,12H,4-8,11H2,1-3H3,(H,20,21). The van der Waals surface area contributed by atoms with E-state index in [1.54, 1.807) is 12.1 Å². The Balaban J connectivity index is 2.34. The molecule has 1 atom stereocenters. The summed E-state index contributed by atoms with van der Waals surface area (Å²) >= 11 is 0. The minimum absolute atomic E-state index is 0.337. The molecule has 1 aliphatic rings. The quantitative estimate of drug-likeness (QED) is 0.922. The highest BCUT2D eigenvalue weighted by Gasteiger charge is 2.22. The third-order valence-electron chi connectivity index (χ3n) is 3.96. The van der Waals surface area contributed by atoms with Crippen molar-refractivity contribution in [3.8, 4) is 0 Å². The first kappa shape index (κ1) is 15.8. The molecule has 1 aromatic heterocycles. The van der Waals surface area contributed by atoms with Crippen LogP contribution >= 0.6 is 0 Å². The predicted octanol–water partition coefficient (Wildman–Crippen LogP) is 2.26. The van der Waals surface area contributed by atoms with Crippen molar-refractivity contribution >= 4 is 11.8 Å². The van der Waals surface area contributed by atoms with Crippen LogP contribution in [0.15, 0.2) is 12.1 Å². The van der Waals surface area contributed by atoms with Crippen LogP contribution in [0, 0.1) is 0 Å². The number of anilines is 1. The highest BCUT2D eigenvalue weighted by atomic mass is 16.4. The molecule has 1 unspecified atom stereocenters. The van der Waals surface area contributed by atoms with Crippen LogP contribution in [0.25, 0.3) is 0 Å². The Bertz CT molecular complexity index is 504. The predicted molar refractivity (Wildman–Crippen MR) is 84.1 cm³/mol. The van der Waals surface area contributed by atoms with E-state index in [1.807, 2.05) is 0 Å². The highest BCUT2D eigenvalue weighted by molar-refractivity contribution is 5.88. The van der Waals surface area contributed by atoms with E-state index >= 15 is 0 Å². The van der Waals surface area contributed by atoms with Gasteiger partial charge in [0.2, 0.25) is 0 Å². The SMILES string of the molecule is CCCc1cc(C(=O)O)cc(N2CCCN(C)CC2C)n1. The lowest BCUT2D eigenvalue weighted by atomic mass is 10.1. The number of carboxylic acids is 1. The molecule has 2 heterocycles. The Hall–Kier alpha value is -1.62. The van der Waals surface area contributed by atoms with E-state index in [0.717, 1.165) is 50.4 Å². The van der Waals surface area contributed by atoms with Gasteiger partial charge < -0.3 is 14.9 Å². The fourth-order valence-corrected chi connectivity index (χ4v) is 2.94. The van der Waals surface area contributed by atoms with Crippen LogP contribution in [0.4, 0.5) is 5.82 Å². The van der Waals surface area contributed by atoms with Crippen molar-refractivity contribution in [1.29, 1.82) is 0 Å². The van der Waals surface area contributed by atoms with Gasteiger partial charge in [-0.2, -0.15) is 0 Å². The molecular formula is C16H25N3O2. The molecule has 1 aromatic rings. The van der Waals surface area contributed by atoms with Crippen molar-refractivity contribution < 1.29 is 9.90 Å². The molecular weight excluding hydrogens is 266 g/mol. The summed E-state index contributed by atoms with van der Waals surface area (Å²) in [6, 6.07) is 3.75. The molecule has 1 fully saturated rings. The Morgan fingerprint density at radius 2 is 2.19 bits per heavy atom. The van der Waals surface area contributed by atoms with Gasteiger partial charge in [0.25, 0.3) is 0 Å². The molecule has 0 amide bonds. The van der Waals surface area contributed by atoms with E-state index < -0.39 is 5.97 Å². The third-order valence-corrected chi connectivity index (χ3v) is 3.96. The Morgan fingerprint density at radius 3 is 2.86 bits per heavy atom. The lowest BCUT2D eigenvalue weighted by Gasteiger charge is -2.29. The van der Waals surface area contributed by atoms with Gasteiger partial charge in [-0.3, -0.25) is 0 Å². The zero-order valence-corrected chi connectivity index (χ0v) is 13.2. The number of carboxylic acid groups (broad SMARTS) is 1. The molecule has 0 aromatic carbocycles. The summed E-state index contributed by atoms with van der Waals surface area (Å²) in [7, 11) is 2.13. The van der Waals surface area contributed by atoms with Crippen LogP contribution < -0.4 is 4.90 Å². The number of hydrogen-bond donors (Lipinski definition) is 1. The second-order valence-corrected chi connectivity index (χ2v) is 5.92. The molecule has 21 heavy (non-hydrogen) atoms. The van der Waals surface area contributed by atoms with E-state index in [0.29, 0.717) is 11.6 Å². The van der Waals surface area contributed by atoms with Gasteiger partial charge in [0.05, 0.1) is 5.56 Å². The molecule has 116 valence electrons. The van der Waals surface area contributed by atoms with E-state index in [4.69, 9.17) is 4.98 Å². The summed E-state index contributed by atoms with van der Waals surface area (Å²) in [4.78, 5) is 20.6. The van der Waals surface area contributed by atoms with Crippen LogP contribution in [-0.2, 0) is 6.42 Å². The number of aromatic nitrogens is 1. The first-order chi connectivity index (χ1) is 10.0. The van der Waals surface area contributed by atoms with Gasteiger partial charge in [0.1, 0.15) is 5.82 Å². The topological polar surface area (TPSA) is 56.7 Å². The van der Waals surface area contributed by atoms with Crippen LogP contribution in [0.5, 0.6) is 0 Å². The molecule has 0 spiro atoms. The molecule has 2 rings (SSSR count). The van der Waals surface area contributed by atoms with E-state index in [9.17, 15) is 9.90 Å².